The third-order valence-corrected chi connectivity index (χ3v) is 5.82. The van der Waals surface area contributed by atoms with E-state index in [1.54, 1.807) is 13.8 Å². The van der Waals surface area contributed by atoms with Gasteiger partial charge in [0.1, 0.15) is 5.58 Å². The van der Waals surface area contributed by atoms with E-state index in [1.807, 2.05) is 6.92 Å². The normalized spacial score (nSPS) is 12.2. The number of sulfonamides is 1. The molecular formula is C16H21NO5S. The fourth-order valence-corrected chi connectivity index (χ4v) is 4.01. The van der Waals surface area contributed by atoms with Gasteiger partial charge in [-0.05, 0) is 31.5 Å². The predicted octanol–water partition coefficient (Wildman–Crippen LogP) is 3.25. The molecule has 1 N–H and O–H groups in total. The molecule has 1 heterocycles. The van der Waals surface area contributed by atoms with E-state index in [0.29, 0.717) is 29.6 Å². The van der Waals surface area contributed by atoms with E-state index in [4.69, 9.17) is 9.52 Å². The Morgan fingerprint density at radius 3 is 2.57 bits per heavy atom. The average molecular weight is 339 g/mol. The van der Waals surface area contributed by atoms with Gasteiger partial charge in [0.25, 0.3) is 0 Å². The van der Waals surface area contributed by atoms with Crippen molar-refractivity contribution >= 4 is 27.0 Å². The van der Waals surface area contributed by atoms with Gasteiger partial charge in [0, 0.05) is 24.0 Å². The molecule has 0 radical (unpaired) electrons. The molecule has 0 fully saturated rings. The highest BCUT2D eigenvalue weighted by atomic mass is 32.2. The Morgan fingerprint density at radius 2 is 2.00 bits per heavy atom. The summed E-state index contributed by atoms with van der Waals surface area (Å²) in [6, 6.07) is 4.46. The second-order valence-corrected chi connectivity index (χ2v) is 7.31. The third-order valence-electron chi connectivity index (χ3n) is 3.85. The number of fused-ring (bicyclic) bond motifs is 1. The Hall–Kier alpha value is -1.86. The molecule has 126 valence electrons. The Morgan fingerprint density at radius 1 is 1.30 bits per heavy atom. The highest BCUT2D eigenvalue weighted by molar-refractivity contribution is 7.89. The van der Waals surface area contributed by atoms with Crippen LogP contribution >= 0.6 is 0 Å². The summed E-state index contributed by atoms with van der Waals surface area (Å²) >= 11 is 0. The predicted molar refractivity (Wildman–Crippen MR) is 87.3 cm³/mol. The van der Waals surface area contributed by atoms with E-state index in [0.717, 1.165) is 12.8 Å². The topological polar surface area (TPSA) is 87.8 Å². The number of aromatic carboxylic acids is 1. The molecule has 7 heteroatoms. The van der Waals surface area contributed by atoms with Gasteiger partial charge in [-0.3, -0.25) is 0 Å². The molecule has 0 bridgehead atoms. The maximum absolute atomic E-state index is 12.7. The zero-order valence-electron chi connectivity index (χ0n) is 13.5. The van der Waals surface area contributed by atoms with Crippen LogP contribution in [0.25, 0.3) is 11.0 Å². The minimum atomic E-state index is -3.60. The molecule has 2 rings (SSSR count). The second kappa shape index (κ2) is 6.72. The van der Waals surface area contributed by atoms with Crippen LogP contribution < -0.4 is 0 Å². The number of aryl methyl sites for hydroxylation is 1. The summed E-state index contributed by atoms with van der Waals surface area (Å²) in [4.78, 5) is 11.3. The molecule has 0 spiro atoms. The zero-order chi connectivity index (χ0) is 17.2. The SMILES string of the molecule is CCCCN(CC)S(=O)(=O)c1ccc2oc(C(=O)O)c(C)c2c1. The van der Waals surface area contributed by atoms with Crippen LogP contribution in [0.2, 0.25) is 0 Å². The Bertz CT molecular complexity index is 822. The van der Waals surface area contributed by atoms with Crippen molar-refractivity contribution in [3.05, 3.63) is 29.5 Å². The van der Waals surface area contributed by atoms with Crippen LogP contribution in [-0.4, -0.2) is 36.9 Å². The van der Waals surface area contributed by atoms with Crippen molar-refractivity contribution in [1.82, 2.24) is 4.31 Å². The lowest BCUT2D eigenvalue weighted by atomic mass is 10.1. The smallest absolute Gasteiger partial charge is 0.372 e. The highest BCUT2D eigenvalue weighted by Gasteiger charge is 2.24. The number of hydrogen-bond acceptors (Lipinski definition) is 4. The number of carboxylic acid groups (broad SMARTS) is 1. The minimum Gasteiger partial charge on any atom is -0.475 e. The summed E-state index contributed by atoms with van der Waals surface area (Å²) in [5.74, 6) is -1.32. The maximum atomic E-state index is 12.7. The summed E-state index contributed by atoms with van der Waals surface area (Å²) in [6.45, 7) is 6.29. The highest BCUT2D eigenvalue weighted by Crippen LogP contribution is 2.29. The summed E-state index contributed by atoms with van der Waals surface area (Å²) in [7, 11) is -3.60. The lowest BCUT2D eigenvalue weighted by Gasteiger charge is -2.20. The lowest BCUT2D eigenvalue weighted by molar-refractivity contribution is 0.0664. The van der Waals surface area contributed by atoms with Gasteiger partial charge in [-0.25, -0.2) is 13.2 Å². The van der Waals surface area contributed by atoms with Gasteiger partial charge in [-0.2, -0.15) is 4.31 Å². The second-order valence-electron chi connectivity index (χ2n) is 5.37. The van der Waals surface area contributed by atoms with E-state index < -0.39 is 16.0 Å². The van der Waals surface area contributed by atoms with Crippen LogP contribution in [-0.2, 0) is 10.0 Å². The average Bonchev–Trinajstić information content (AvgIpc) is 2.85. The zero-order valence-corrected chi connectivity index (χ0v) is 14.3. The van der Waals surface area contributed by atoms with E-state index >= 15 is 0 Å². The number of nitrogens with zero attached hydrogens (tertiary/aromatic N) is 1. The number of unbranched alkanes of at least 4 members (excludes halogenated alkanes) is 1. The van der Waals surface area contributed by atoms with E-state index in [2.05, 4.69) is 0 Å². The van der Waals surface area contributed by atoms with Crippen LogP contribution in [0, 0.1) is 6.92 Å². The number of carboxylic acids is 1. The van der Waals surface area contributed by atoms with Crippen LogP contribution in [0.15, 0.2) is 27.5 Å². The summed E-state index contributed by atoms with van der Waals surface area (Å²) < 4.78 is 32.2. The maximum Gasteiger partial charge on any atom is 0.372 e. The molecule has 2 aromatic rings. The van der Waals surface area contributed by atoms with Gasteiger partial charge in [0.2, 0.25) is 15.8 Å². The van der Waals surface area contributed by atoms with Crippen LogP contribution in [0.3, 0.4) is 0 Å². The Balaban J connectivity index is 2.50. The van der Waals surface area contributed by atoms with Crippen molar-refractivity contribution in [2.24, 2.45) is 0 Å². The number of rotatable bonds is 7. The Kier molecular flexibility index (Phi) is 5.11. The number of furan rings is 1. The number of carbonyl (C=O) groups is 1. The van der Waals surface area contributed by atoms with Crippen molar-refractivity contribution in [2.75, 3.05) is 13.1 Å². The standard InChI is InChI=1S/C16H21NO5S/c1-4-6-9-17(5-2)23(20,21)12-7-8-14-13(10-12)11(3)15(22-14)16(18)19/h7-8,10H,4-6,9H2,1-3H3,(H,18,19). The molecule has 1 aromatic carbocycles. The third kappa shape index (κ3) is 3.25. The quantitative estimate of drug-likeness (QED) is 0.836. The molecule has 6 nitrogen and oxygen atoms in total. The molecular weight excluding hydrogens is 318 g/mol. The van der Waals surface area contributed by atoms with Crippen molar-refractivity contribution < 1.29 is 22.7 Å². The number of hydrogen-bond donors (Lipinski definition) is 1. The molecule has 0 saturated carbocycles. The molecule has 0 unspecified atom stereocenters. The molecule has 1 aromatic heterocycles. The van der Waals surface area contributed by atoms with Crippen molar-refractivity contribution in [3.63, 3.8) is 0 Å². The first-order valence-electron chi connectivity index (χ1n) is 7.59. The summed E-state index contributed by atoms with van der Waals surface area (Å²) in [5.41, 5.74) is 0.802. The molecule has 0 aliphatic heterocycles. The van der Waals surface area contributed by atoms with Gasteiger partial charge >= 0.3 is 5.97 Å². The molecule has 0 aliphatic carbocycles. The van der Waals surface area contributed by atoms with Crippen LogP contribution in [0.4, 0.5) is 0 Å². The van der Waals surface area contributed by atoms with Crippen molar-refractivity contribution in [2.45, 2.75) is 38.5 Å². The van der Waals surface area contributed by atoms with Crippen LogP contribution in [0.1, 0.15) is 42.8 Å². The number of benzene rings is 1. The molecule has 0 atom stereocenters. The monoisotopic (exact) mass is 339 g/mol. The lowest BCUT2D eigenvalue weighted by Crippen LogP contribution is -2.31. The van der Waals surface area contributed by atoms with Crippen LogP contribution in [0.5, 0.6) is 0 Å². The van der Waals surface area contributed by atoms with Crippen molar-refractivity contribution in [3.8, 4) is 0 Å². The first-order valence-corrected chi connectivity index (χ1v) is 9.03. The van der Waals surface area contributed by atoms with E-state index in [-0.39, 0.29) is 10.7 Å². The molecule has 0 saturated heterocycles. The summed E-state index contributed by atoms with van der Waals surface area (Å²) in [5, 5.41) is 9.61. The minimum absolute atomic E-state index is 0.156. The van der Waals surface area contributed by atoms with Gasteiger partial charge in [-0.15, -0.1) is 0 Å². The molecule has 0 aliphatic rings. The fraction of sp³-hybridized carbons (Fsp3) is 0.438. The Labute approximate surface area is 135 Å². The summed E-state index contributed by atoms with van der Waals surface area (Å²) in [6.07, 6.45) is 1.71. The van der Waals surface area contributed by atoms with Gasteiger partial charge in [-0.1, -0.05) is 20.3 Å². The first-order chi connectivity index (χ1) is 10.8. The fourth-order valence-electron chi connectivity index (χ4n) is 2.50. The van der Waals surface area contributed by atoms with Gasteiger partial charge in [0.15, 0.2) is 0 Å². The van der Waals surface area contributed by atoms with E-state index in [1.165, 1.54) is 22.5 Å². The molecule has 23 heavy (non-hydrogen) atoms. The van der Waals surface area contributed by atoms with E-state index in [9.17, 15) is 13.2 Å². The molecule has 0 amide bonds. The first kappa shape index (κ1) is 17.5. The largest absolute Gasteiger partial charge is 0.475 e. The van der Waals surface area contributed by atoms with Gasteiger partial charge < -0.3 is 9.52 Å². The van der Waals surface area contributed by atoms with Gasteiger partial charge in [0.05, 0.1) is 4.90 Å². The van der Waals surface area contributed by atoms with Crippen molar-refractivity contribution in [1.29, 1.82) is 0 Å².